The molecule has 0 radical (unpaired) electrons. The molecule has 0 unspecified atom stereocenters. The molecule has 0 spiro atoms. The first-order valence-electron chi connectivity index (χ1n) is 15.8. The summed E-state index contributed by atoms with van der Waals surface area (Å²) in [6.07, 6.45) is 0.135. The third kappa shape index (κ3) is 10.6. The highest BCUT2D eigenvalue weighted by atomic mass is 35.5. The molecule has 0 bridgehead atoms. The van der Waals surface area contributed by atoms with Crippen LogP contribution in [0.5, 0.6) is 11.5 Å². The Morgan fingerprint density at radius 1 is 0.604 bits per heavy atom. The number of amides is 1. The largest absolute Gasteiger partial charge is 0.489 e. The standard InChI is InChI=1S/C40H37Cl2NO5/c41-38(42)40(45)48-37(34-19-10-20-36(26-34)47-29-33-16-8-3-9-17-33)39(44)43(27-31-12-4-1-5-13-31)25-11-18-30-21-23-35(24-22-30)46-28-32-14-6-2-7-15-32/h1-10,12-17,19-24,26,37-38H,11,18,25,27-29H2/t37-/m1/s1. The van der Waals surface area contributed by atoms with Crippen LogP contribution in [0.3, 0.4) is 0 Å². The van der Waals surface area contributed by atoms with Crippen molar-refractivity contribution in [3.05, 3.63) is 167 Å². The number of carbonyl (C=O) groups is 2. The van der Waals surface area contributed by atoms with Crippen LogP contribution in [0.1, 0.15) is 40.3 Å². The van der Waals surface area contributed by atoms with E-state index >= 15 is 0 Å². The Bertz CT molecular complexity index is 1720. The van der Waals surface area contributed by atoms with Crippen molar-refractivity contribution in [2.45, 2.75) is 43.5 Å². The number of carbonyl (C=O) groups excluding carboxylic acids is 2. The first-order chi connectivity index (χ1) is 23.4. The van der Waals surface area contributed by atoms with E-state index in [2.05, 4.69) is 0 Å². The molecule has 0 fully saturated rings. The molecular weight excluding hydrogens is 645 g/mol. The average molecular weight is 683 g/mol. The van der Waals surface area contributed by atoms with E-state index in [1.807, 2.05) is 115 Å². The zero-order valence-electron chi connectivity index (χ0n) is 26.4. The summed E-state index contributed by atoms with van der Waals surface area (Å²) >= 11 is 11.7. The second kappa shape index (κ2) is 17.9. The van der Waals surface area contributed by atoms with Gasteiger partial charge in [-0.3, -0.25) is 4.79 Å². The van der Waals surface area contributed by atoms with E-state index in [1.54, 1.807) is 29.2 Å². The molecule has 8 heteroatoms. The van der Waals surface area contributed by atoms with Crippen LogP contribution >= 0.6 is 23.2 Å². The van der Waals surface area contributed by atoms with Gasteiger partial charge in [-0.15, -0.1) is 0 Å². The van der Waals surface area contributed by atoms with Gasteiger partial charge in [0.15, 0.2) is 0 Å². The number of halogens is 2. The van der Waals surface area contributed by atoms with Gasteiger partial charge in [0.2, 0.25) is 10.9 Å². The Balaban J connectivity index is 1.29. The molecular formula is C40H37Cl2NO5. The lowest BCUT2D eigenvalue weighted by Crippen LogP contribution is -2.38. The monoisotopic (exact) mass is 681 g/mol. The number of hydrogen-bond donors (Lipinski definition) is 0. The van der Waals surface area contributed by atoms with Crippen molar-refractivity contribution in [3.8, 4) is 11.5 Å². The zero-order valence-corrected chi connectivity index (χ0v) is 27.9. The van der Waals surface area contributed by atoms with Crippen molar-refractivity contribution in [2.24, 2.45) is 0 Å². The number of nitrogens with zero attached hydrogens (tertiary/aromatic N) is 1. The highest BCUT2D eigenvalue weighted by molar-refractivity contribution is 6.52. The average Bonchev–Trinajstić information content (AvgIpc) is 3.13. The summed E-state index contributed by atoms with van der Waals surface area (Å²) in [6.45, 7) is 1.59. The lowest BCUT2D eigenvalue weighted by molar-refractivity contribution is -0.160. The second-order valence-electron chi connectivity index (χ2n) is 11.2. The first kappa shape index (κ1) is 34.6. The third-order valence-electron chi connectivity index (χ3n) is 7.64. The first-order valence-corrected chi connectivity index (χ1v) is 16.7. The van der Waals surface area contributed by atoms with E-state index in [-0.39, 0.29) is 5.91 Å². The van der Waals surface area contributed by atoms with E-state index in [1.165, 1.54) is 0 Å². The van der Waals surface area contributed by atoms with Crippen molar-refractivity contribution >= 4 is 35.1 Å². The molecule has 0 aliphatic heterocycles. The summed E-state index contributed by atoms with van der Waals surface area (Å²) < 4.78 is 17.6. The molecule has 5 aromatic carbocycles. The predicted octanol–water partition coefficient (Wildman–Crippen LogP) is 8.89. The number of aryl methyl sites for hydroxylation is 1. The molecule has 0 N–H and O–H groups in total. The lowest BCUT2D eigenvalue weighted by Gasteiger charge is -2.28. The molecule has 0 aliphatic carbocycles. The summed E-state index contributed by atoms with van der Waals surface area (Å²) in [4.78, 5) is 27.2. The van der Waals surface area contributed by atoms with Gasteiger partial charge in [-0.2, -0.15) is 0 Å². The minimum absolute atomic E-state index is 0.329. The number of benzene rings is 5. The van der Waals surface area contributed by atoms with Crippen LogP contribution in [0.2, 0.25) is 0 Å². The molecule has 5 aromatic rings. The number of ether oxygens (including phenoxy) is 3. The third-order valence-corrected chi connectivity index (χ3v) is 8.00. The highest BCUT2D eigenvalue weighted by Gasteiger charge is 2.31. The van der Waals surface area contributed by atoms with Crippen LogP contribution in [0.4, 0.5) is 0 Å². The van der Waals surface area contributed by atoms with Gasteiger partial charge in [0.25, 0.3) is 5.91 Å². The molecule has 6 nitrogen and oxygen atoms in total. The Morgan fingerprint density at radius 3 is 1.75 bits per heavy atom. The van der Waals surface area contributed by atoms with Crippen LogP contribution in [-0.4, -0.2) is 28.2 Å². The van der Waals surface area contributed by atoms with Gasteiger partial charge in [0.05, 0.1) is 0 Å². The molecule has 0 aliphatic rings. The molecule has 0 saturated carbocycles. The molecule has 246 valence electrons. The molecule has 5 rings (SSSR count). The molecule has 1 amide bonds. The zero-order chi connectivity index (χ0) is 33.6. The van der Waals surface area contributed by atoms with E-state index in [0.717, 1.165) is 34.4 Å². The second-order valence-corrected chi connectivity index (χ2v) is 12.3. The summed E-state index contributed by atoms with van der Waals surface area (Å²) in [6, 6.07) is 44.5. The maximum atomic E-state index is 14.3. The van der Waals surface area contributed by atoms with Gasteiger partial charge in [-0.25, -0.2) is 4.79 Å². The van der Waals surface area contributed by atoms with Crippen molar-refractivity contribution in [2.75, 3.05) is 6.54 Å². The SMILES string of the molecule is O=C(O[C@@H](C(=O)N(CCCc1ccc(OCc2ccccc2)cc1)Cc1ccccc1)c1cccc(OCc2ccccc2)c1)C(Cl)Cl. The fraction of sp³-hybridized carbons (Fsp3) is 0.200. The number of hydrogen-bond acceptors (Lipinski definition) is 5. The van der Waals surface area contributed by atoms with Gasteiger partial charge in [0.1, 0.15) is 24.7 Å². The van der Waals surface area contributed by atoms with Crippen LogP contribution in [0, 0.1) is 0 Å². The Labute approximate surface area is 291 Å². The van der Waals surface area contributed by atoms with E-state index < -0.39 is 16.9 Å². The summed E-state index contributed by atoms with van der Waals surface area (Å²) in [5, 5.41) is 0. The lowest BCUT2D eigenvalue weighted by atomic mass is 10.1. The Kier molecular flexibility index (Phi) is 12.9. The Morgan fingerprint density at radius 2 is 1.17 bits per heavy atom. The van der Waals surface area contributed by atoms with Gasteiger partial charge in [-0.1, -0.05) is 138 Å². The van der Waals surface area contributed by atoms with Gasteiger partial charge < -0.3 is 19.1 Å². The van der Waals surface area contributed by atoms with Crippen LogP contribution < -0.4 is 9.47 Å². The summed E-state index contributed by atoms with van der Waals surface area (Å²) in [7, 11) is 0. The van der Waals surface area contributed by atoms with Crippen molar-refractivity contribution in [3.63, 3.8) is 0 Å². The van der Waals surface area contributed by atoms with Crippen molar-refractivity contribution in [1.82, 2.24) is 4.90 Å². The normalized spacial score (nSPS) is 11.5. The highest BCUT2D eigenvalue weighted by Crippen LogP contribution is 2.28. The minimum atomic E-state index is -1.44. The van der Waals surface area contributed by atoms with Crippen LogP contribution in [-0.2, 0) is 40.5 Å². The molecule has 0 heterocycles. The number of alkyl halides is 2. The maximum absolute atomic E-state index is 14.3. The number of rotatable bonds is 16. The predicted molar refractivity (Wildman–Crippen MR) is 189 cm³/mol. The maximum Gasteiger partial charge on any atom is 0.340 e. The molecule has 48 heavy (non-hydrogen) atoms. The number of esters is 1. The van der Waals surface area contributed by atoms with E-state index in [4.69, 9.17) is 37.4 Å². The topological polar surface area (TPSA) is 65.1 Å². The van der Waals surface area contributed by atoms with E-state index in [0.29, 0.717) is 44.0 Å². The van der Waals surface area contributed by atoms with Crippen LogP contribution in [0.25, 0.3) is 0 Å². The molecule has 0 aromatic heterocycles. The van der Waals surface area contributed by atoms with Gasteiger partial charge in [0, 0.05) is 18.7 Å². The van der Waals surface area contributed by atoms with Crippen molar-refractivity contribution < 1.29 is 23.8 Å². The fourth-order valence-electron chi connectivity index (χ4n) is 5.14. The smallest absolute Gasteiger partial charge is 0.340 e. The summed E-state index contributed by atoms with van der Waals surface area (Å²) in [5.41, 5.74) is 4.62. The minimum Gasteiger partial charge on any atom is -0.489 e. The van der Waals surface area contributed by atoms with Gasteiger partial charge in [-0.05, 0) is 59.4 Å². The molecule has 1 atom stereocenters. The van der Waals surface area contributed by atoms with Crippen molar-refractivity contribution in [1.29, 1.82) is 0 Å². The van der Waals surface area contributed by atoms with E-state index in [9.17, 15) is 9.59 Å². The van der Waals surface area contributed by atoms with Crippen LogP contribution in [0.15, 0.2) is 140 Å². The summed E-state index contributed by atoms with van der Waals surface area (Å²) in [5.74, 6) is 0.0388. The molecule has 0 saturated heterocycles. The van der Waals surface area contributed by atoms with Gasteiger partial charge >= 0.3 is 5.97 Å². The Hall–Kier alpha value is -4.78. The fourth-order valence-corrected chi connectivity index (χ4v) is 5.24. The quantitative estimate of drug-likeness (QED) is 0.0769.